The van der Waals surface area contributed by atoms with Gasteiger partial charge < -0.3 is 5.11 Å². The number of nitrogens with zero attached hydrogens (tertiary/aromatic N) is 2. The third-order valence-electron chi connectivity index (χ3n) is 1.49. The molecule has 0 atom stereocenters. The minimum Gasteiger partial charge on any atom is -0.481 e. The van der Waals surface area contributed by atoms with Gasteiger partial charge in [0.1, 0.15) is 12.7 Å². The molecule has 1 rings (SSSR count). The quantitative estimate of drug-likeness (QED) is 0.641. The van der Waals surface area contributed by atoms with E-state index in [1.165, 1.54) is 0 Å². The number of aromatic nitrogens is 2. The first-order chi connectivity index (χ1) is 5.68. The second kappa shape index (κ2) is 3.80. The summed E-state index contributed by atoms with van der Waals surface area (Å²) in [5.74, 6) is -0.789. The highest BCUT2D eigenvalue weighted by Gasteiger charge is 2.02. The van der Waals surface area contributed by atoms with Crippen molar-refractivity contribution in [1.29, 1.82) is 0 Å². The van der Waals surface area contributed by atoms with E-state index in [9.17, 15) is 4.79 Å². The van der Waals surface area contributed by atoms with Crippen LogP contribution in [0.5, 0.6) is 0 Å². The molecule has 0 spiro atoms. The Morgan fingerprint density at radius 2 is 2.50 bits per heavy atom. The third kappa shape index (κ3) is 2.65. The number of carboxylic acid groups (broad SMARTS) is 1. The maximum absolute atomic E-state index is 10.2. The number of rotatable bonds is 3. The molecule has 64 valence electrons. The summed E-state index contributed by atoms with van der Waals surface area (Å²) in [6, 6.07) is 0. The van der Waals surface area contributed by atoms with Gasteiger partial charge in [-0.2, -0.15) is 0 Å². The van der Waals surface area contributed by atoms with Gasteiger partial charge in [-0.05, 0) is 0 Å². The Bertz CT molecular complexity index is 286. The molecule has 0 aromatic carbocycles. The van der Waals surface area contributed by atoms with Crippen molar-refractivity contribution in [2.75, 3.05) is 0 Å². The molecule has 1 aromatic rings. The lowest BCUT2D eigenvalue weighted by molar-refractivity contribution is -0.672. The smallest absolute Gasteiger partial charge is 0.303 e. The molecule has 0 amide bonds. The van der Waals surface area contributed by atoms with E-state index in [-0.39, 0.29) is 6.42 Å². The average Bonchev–Trinajstić information content (AvgIpc) is 2.01. The number of aliphatic carboxylic acids is 1. The predicted octanol–water partition coefficient (Wildman–Crippen LogP) is -0.0767. The summed E-state index contributed by atoms with van der Waals surface area (Å²) < 4.78 is 1.85. The molecule has 12 heavy (non-hydrogen) atoms. The van der Waals surface area contributed by atoms with Gasteiger partial charge in [0, 0.05) is 6.42 Å². The summed E-state index contributed by atoms with van der Waals surface area (Å²) in [5, 5.41) is 8.41. The minimum absolute atomic E-state index is 0.136. The molecular weight excluding hydrogens is 156 g/mol. The van der Waals surface area contributed by atoms with Crippen molar-refractivity contribution >= 4 is 5.97 Å². The van der Waals surface area contributed by atoms with Crippen LogP contribution in [0.4, 0.5) is 0 Å². The van der Waals surface area contributed by atoms with E-state index in [2.05, 4.69) is 4.98 Å². The fraction of sp³-hybridized carbons (Fsp3) is 0.375. The van der Waals surface area contributed by atoms with Crippen molar-refractivity contribution in [1.82, 2.24) is 4.98 Å². The minimum atomic E-state index is -0.789. The SMILES string of the molecule is C[n+]1ccnc(CCC(=O)O)c1. The van der Waals surface area contributed by atoms with Crippen LogP contribution in [0, 0.1) is 0 Å². The van der Waals surface area contributed by atoms with Gasteiger partial charge in [-0.3, -0.25) is 4.79 Å². The molecule has 0 bridgehead atoms. The zero-order valence-corrected chi connectivity index (χ0v) is 6.90. The molecule has 0 unspecified atom stereocenters. The summed E-state index contributed by atoms with van der Waals surface area (Å²) >= 11 is 0. The Morgan fingerprint density at radius 3 is 3.08 bits per heavy atom. The Labute approximate surface area is 70.5 Å². The summed E-state index contributed by atoms with van der Waals surface area (Å²) in [7, 11) is 1.88. The van der Waals surface area contributed by atoms with E-state index in [4.69, 9.17) is 5.11 Å². The topological polar surface area (TPSA) is 54.1 Å². The van der Waals surface area contributed by atoms with E-state index < -0.39 is 5.97 Å². The second-order valence-corrected chi connectivity index (χ2v) is 2.61. The van der Waals surface area contributed by atoms with Crippen molar-refractivity contribution in [3.05, 3.63) is 24.3 Å². The Balaban J connectivity index is 2.57. The van der Waals surface area contributed by atoms with Gasteiger partial charge in [0.25, 0.3) is 0 Å². The normalized spacial score (nSPS) is 9.75. The molecule has 1 heterocycles. The Hall–Kier alpha value is -1.45. The van der Waals surface area contributed by atoms with Gasteiger partial charge >= 0.3 is 5.97 Å². The standard InChI is InChI=1S/C8H10N2O2/c1-10-5-4-9-7(6-10)2-3-8(11)12/h4-6H,2-3H2,1H3/p+1. The first-order valence-electron chi connectivity index (χ1n) is 3.70. The van der Waals surface area contributed by atoms with Crippen LogP contribution in [0.25, 0.3) is 0 Å². The van der Waals surface area contributed by atoms with Crippen LogP contribution in [0.15, 0.2) is 18.6 Å². The maximum Gasteiger partial charge on any atom is 0.303 e. The van der Waals surface area contributed by atoms with Gasteiger partial charge in [0.15, 0.2) is 12.4 Å². The molecule has 4 heteroatoms. The van der Waals surface area contributed by atoms with Crippen LogP contribution in [-0.2, 0) is 18.3 Å². The molecule has 4 nitrogen and oxygen atoms in total. The molecular formula is C8H11N2O2+. The van der Waals surface area contributed by atoms with Gasteiger partial charge in [-0.25, -0.2) is 9.55 Å². The van der Waals surface area contributed by atoms with Crippen LogP contribution in [-0.4, -0.2) is 16.1 Å². The summed E-state index contributed by atoms with van der Waals surface area (Å²) in [6.45, 7) is 0. The lowest BCUT2D eigenvalue weighted by Gasteiger charge is -1.93. The summed E-state index contributed by atoms with van der Waals surface area (Å²) in [5.41, 5.74) is 0.808. The number of aryl methyl sites for hydroxylation is 2. The summed E-state index contributed by atoms with van der Waals surface area (Å²) in [4.78, 5) is 14.3. The van der Waals surface area contributed by atoms with E-state index in [1.54, 1.807) is 6.20 Å². The Kier molecular flexibility index (Phi) is 2.74. The number of carbonyl (C=O) groups is 1. The van der Waals surface area contributed by atoms with Gasteiger partial charge in [0.2, 0.25) is 0 Å². The van der Waals surface area contributed by atoms with E-state index in [0.29, 0.717) is 6.42 Å². The average molecular weight is 167 g/mol. The highest BCUT2D eigenvalue weighted by atomic mass is 16.4. The van der Waals surface area contributed by atoms with Crippen molar-refractivity contribution in [3.8, 4) is 0 Å². The monoisotopic (exact) mass is 167 g/mol. The van der Waals surface area contributed by atoms with Gasteiger partial charge in [0.05, 0.1) is 12.6 Å². The highest BCUT2D eigenvalue weighted by Crippen LogP contribution is 1.94. The van der Waals surface area contributed by atoms with Crippen LogP contribution < -0.4 is 4.57 Å². The second-order valence-electron chi connectivity index (χ2n) is 2.61. The van der Waals surface area contributed by atoms with Gasteiger partial charge in [-0.1, -0.05) is 0 Å². The summed E-state index contributed by atoms with van der Waals surface area (Å²) in [6.07, 6.45) is 5.92. The van der Waals surface area contributed by atoms with Crippen LogP contribution in [0.1, 0.15) is 12.1 Å². The molecule has 0 radical (unpaired) electrons. The van der Waals surface area contributed by atoms with Gasteiger partial charge in [-0.15, -0.1) is 0 Å². The van der Waals surface area contributed by atoms with Crippen molar-refractivity contribution < 1.29 is 14.5 Å². The molecule has 0 saturated heterocycles. The molecule has 1 aromatic heterocycles. The van der Waals surface area contributed by atoms with Crippen molar-refractivity contribution in [3.63, 3.8) is 0 Å². The largest absolute Gasteiger partial charge is 0.481 e. The van der Waals surface area contributed by atoms with E-state index >= 15 is 0 Å². The fourth-order valence-electron chi connectivity index (χ4n) is 0.910. The zero-order valence-electron chi connectivity index (χ0n) is 6.90. The number of hydrogen-bond acceptors (Lipinski definition) is 2. The molecule has 0 fully saturated rings. The molecule has 1 N–H and O–H groups in total. The molecule has 0 aliphatic heterocycles. The third-order valence-corrected chi connectivity index (χ3v) is 1.49. The molecule has 0 saturated carbocycles. The van der Waals surface area contributed by atoms with E-state index in [1.807, 2.05) is 24.0 Å². The van der Waals surface area contributed by atoms with Crippen LogP contribution in [0.2, 0.25) is 0 Å². The lowest BCUT2D eigenvalue weighted by Crippen LogP contribution is -2.27. The fourth-order valence-corrected chi connectivity index (χ4v) is 0.910. The van der Waals surface area contributed by atoms with Crippen molar-refractivity contribution in [2.45, 2.75) is 12.8 Å². The number of carboxylic acids is 1. The maximum atomic E-state index is 10.2. The molecule has 0 aliphatic carbocycles. The highest BCUT2D eigenvalue weighted by molar-refractivity contribution is 5.66. The first kappa shape index (κ1) is 8.64. The lowest BCUT2D eigenvalue weighted by atomic mass is 10.2. The zero-order chi connectivity index (χ0) is 8.97. The predicted molar refractivity (Wildman–Crippen MR) is 41.4 cm³/mol. The van der Waals surface area contributed by atoms with Crippen LogP contribution >= 0.6 is 0 Å². The van der Waals surface area contributed by atoms with Crippen molar-refractivity contribution in [2.24, 2.45) is 7.05 Å². The van der Waals surface area contributed by atoms with Crippen LogP contribution in [0.3, 0.4) is 0 Å². The molecule has 0 aliphatic rings. The van der Waals surface area contributed by atoms with E-state index in [0.717, 1.165) is 5.69 Å². The Morgan fingerprint density at radius 1 is 1.75 bits per heavy atom. The number of hydrogen-bond donors (Lipinski definition) is 1. The first-order valence-corrected chi connectivity index (χ1v) is 3.70.